The first kappa shape index (κ1) is 22.3. The number of rotatable bonds is 7. The van der Waals surface area contributed by atoms with Gasteiger partial charge in [0.1, 0.15) is 12.3 Å². The van der Waals surface area contributed by atoms with Gasteiger partial charge >= 0.3 is 0 Å². The molecule has 0 saturated carbocycles. The highest BCUT2D eigenvalue weighted by atomic mass is 127. The van der Waals surface area contributed by atoms with E-state index in [1.54, 1.807) is 7.11 Å². The molecule has 1 unspecified atom stereocenters. The summed E-state index contributed by atoms with van der Waals surface area (Å²) in [6, 6.07) is 8.16. The minimum atomic E-state index is 0. The lowest BCUT2D eigenvalue weighted by molar-refractivity contribution is 0.379. The van der Waals surface area contributed by atoms with Crippen LogP contribution in [0.4, 0.5) is 0 Å². The van der Waals surface area contributed by atoms with Gasteiger partial charge in [-0.25, -0.2) is 4.99 Å². The molecule has 0 spiro atoms. The summed E-state index contributed by atoms with van der Waals surface area (Å²) < 4.78 is 10.8. The molecule has 0 aliphatic carbocycles. The number of methoxy groups -OCH3 is 1. The Morgan fingerprint density at radius 1 is 1.31 bits per heavy atom. The van der Waals surface area contributed by atoms with Gasteiger partial charge in [0, 0.05) is 18.2 Å². The van der Waals surface area contributed by atoms with Crippen molar-refractivity contribution in [1.29, 1.82) is 0 Å². The van der Waals surface area contributed by atoms with Gasteiger partial charge in [0.25, 0.3) is 0 Å². The first-order chi connectivity index (χ1) is 12.1. The number of hydrogen-bond acceptors (Lipinski definition) is 4. The molecule has 7 heteroatoms. The number of aliphatic imine (C=N–C) groups is 1. The average molecular weight is 472 g/mol. The lowest BCUT2D eigenvalue weighted by atomic mass is 10.0. The Morgan fingerprint density at radius 2 is 2.08 bits per heavy atom. The second-order valence-electron chi connectivity index (χ2n) is 5.94. The van der Waals surface area contributed by atoms with E-state index in [0.717, 1.165) is 41.7 Å². The van der Waals surface area contributed by atoms with E-state index >= 15 is 0 Å². The quantitative estimate of drug-likeness (QED) is 0.362. The third-order valence-corrected chi connectivity index (χ3v) is 3.91. The largest absolute Gasteiger partial charge is 0.496 e. The van der Waals surface area contributed by atoms with Crippen molar-refractivity contribution in [3.05, 3.63) is 46.8 Å². The van der Waals surface area contributed by atoms with Gasteiger partial charge in [0.2, 0.25) is 0 Å². The van der Waals surface area contributed by atoms with E-state index in [0.29, 0.717) is 6.54 Å². The second-order valence-corrected chi connectivity index (χ2v) is 5.94. The van der Waals surface area contributed by atoms with Crippen molar-refractivity contribution >= 4 is 29.9 Å². The van der Waals surface area contributed by atoms with E-state index in [4.69, 9.17) is 9.26 Å². The molecule has 0 saturated heterocycles. The molecule has 1 aromatic heterocycles. The molecule has 6 nitrogen and oxygen atoms in total. The summed E-state index contributed by atoms with van der Waals surface area (Å²) in [5.41, 5.74) is 3.24. The molecule has 144 valence electrons. The molecule has 26 heavy (non-hydrogen) atoms. The predicted octanol–water partition coefficient (Wildman–Crippen LogP) is 3.99. The smallest absolute Gasteiger partial charge is 0.192 e. The maximum Gasteiger partial charge on any atom is 0.192 e. The van der Waals surface area contributed by atoms with Crippen LogP contribution in [-0.2, 0) is 13.0 Å². The number of nitrogens with one attached hydrogen (secondary N) is 2. The van der Waals surface area contributed by atoms with Gasteiger partial charge in [-0.3, -0.25) is 0 Å². The minimum Gasteiger partial charge on any atom is -0.496 e. The van der Waals surface area contributed by atoms with Gasteiger partial charge in [-0.2, -0.15) is 0 Å². The highest BCUT2D eigenvalue weighted by molar-refractivity contribution is 14.0. The van der Waals surface area contributed by atoms with Gasteiger partial charge in [0.05, 0.1) is 18.8 Å². The summed E-state index contributed by atoms with van der Waals surface area (Å²) in [5, 5.41) is 10.7. The van der Waals surface area contributed by atoms with Crippen LogP contribution in [0.25, 0.3) is 0 Å². The standard InChI is InChI=1S/C19H28N4O2.HI/c1-6-15-11-16(25-23-15)12-21-19(20-7-2)22-14(4)17-10-13(3)8-9-18(17)24-5;/h8-11,14H,6-7,12H2,1-5H3,(H2,20,21,22);1H. The summed E-state index contributed by atoms with van der Waals surface area (Å²) >= 11 is 0. The number of ether oxygens (including phenoxy) is 1. The fourth-order valence-corrected chi connectivity index (χ4v) is 2.55. The second kappa shape index (κ2) is 11.1. The van der Waals surface area contributed by atoms with Crippen LogP contribution in [0.1, 0.15) is 49.4 Å². The molecular weight excluding hydrogens is 443 g/mol. The van der Waals surface area contributed by atoms with Crippen molar-refractivity contribution in [3.63, 3.8) is 0 Å². The summed E-state index contributed by atoms with van der Waals surface area (Å²) in [5.74, 6) is 2.35. The first-order valence-corrected chi connectivity index (χ1v) is 8.71. The maximum atomic E-state index is 5.48. The number of nitrogens with zero attached hydrogens (tertiary/aromatic N) is 2. The highest BCUT2D eigenvalue weighted by Crippen LogP contribution is 2.26. The van der Waals surface area contributed by atoms with E-state index in [9.17, 15) is 0 Å². The SMILES string of the molecule is CCNC(=NCc1cc(CC)no1)NC(C)c1cc(C)ccc1OC.I. The van der Waals surface area contributed by atoms with Gasteiger partial charge in [-0.15, -0.1) is 24.0 Å². The number of benzene rings is 1. The van der Waals surface area contributed by atoms with Crippen LogP contribution in [0.3, 0.4) is 0 Å². The van der Waals surface area contributed by atoms with E-state index in [2.05, 4.69) is 40.7 Å². The lowest BCUT2D eigenvalue weighted by Crippen LogP contribution is -2.38. The Hall–Kier alpha value is -1.77. The number of halogens is 1. The molecule has 0 radical (unpaired) electrons. The van der Waals surface area contributed by atoms with E-state index in [1.165, 1.54) is 5.56 Å². The molecule has 0 aliphatic rings. The number of guanidine groups is 1. The summed E-state index contributed by atoms with van der Waals surface area (Å²) in [7, 11) is 1.69. The molecular formula is C19H29IN4O2. The van der Waals surface area contributed by atoms with E-state index < -0.39 is 0 Å². The molecule has 1 aromatic carbocycles. The van der Waals surface area contributed by atoms with Crippen molar-refractivity contribution in [2.24, 2.45) is 4.99 Å². The third kappa shape index (κ3) is 6.19. The van der Waals surface area contributed by atoms with Crippen LogP contribution in [0.5, 0.6) is 5.75 Å². The van der Waals surface area contributed by atoms with Gasteiger partial charge in [-0.1, -0.05) is 29.8 Å². The average Bonchev–Trinajstić information content (AvgIpc) is 3.08. The van der Waals surface area contributed by atoms with Crippen molar-refractivity contribution in [1.82, 2.24) is 15.8 Å². The van der Waals surface area contributed by atoms with Gasteiger partial charge in [0.15, 0.2) is 11.7 Å². The number of aromatic nitrogens is 1. The third-order valence-electron chi connectivity index (χ3n) is 3.91. The van der Waals surface area contributed by atoms with E-state index in [1.807, 2.05) is 32.0 Å². The van der Waals surface area contributed by atoms with Gasteiger partial charge in [-0.05, 0) is 33.3 Å². The molecule has 2 aromatic rings. The molecule has 0 bridgehead atoms. The topological polar surface area (TPSA) is 71.7 Å². The number of aryl methyl sites for hydroxylation is 2. The van der Waals surface area contributed by atoms with Crippen LogP contribution in [0.2, 0.25) is 0 Å². The predicted molar refractivity (Wildman–Crippen MR) is 115 cm³/mol. The maximum absolute atomic E-state index is 5.48. The Kier molecular flexibility index (Phi) is 9.47. The fraction of sp³-hybridized carbons (Fsp3) is 0.474. The van der Waals surface area contributed by atoms with Crippen LogP contribution in [0, 0.1) is 6.92 Å². The Balaban J connectivity index is 0.00000338. The summed E-state index contributed by atoms with van der Waals surface area (Å²) in [6.45, 7) is 9.48. The first-order valence-electron chi connectivity index (χ1n) is 8.71. The molecule has 1 heterocycles. The zero-order valence-electron chi connectivity index (χ0n) is 16.1. The minimum absolute atomic E-state index is 0. The fourth-order valence-electron chi connectivity index (χ4n) is 2.55. The summed E-state index contributed by atoms with van der Waals surface area (Å²) in [6.07, 6.45) is 0.857. The van der Waals surface area contributed by atoms with Crippen LogP contribution < -0.4 is 15.4 Å². The molecule has 1 atom stereocenters. The Labute approximate surface area is 172 Å². The van der Waals surface area contributed by atoms with Crippen molar-refractivity contribution < 1.29 is 9.26 Å². The number of hydrogen-bond donors (Lipinski definition) is 2. The van der Waals surface area contributed by atoms with E-state index in [-0.39, 0.29) is 30.0 Å². The zero-order chi connectivity index (χ0) is 18.2. The van der Waals surface area contributed by atoms with Gasteiger partial charge < -0.3 is 19.9 Å². The van der Waals surface area contributed by atoms with Crippen molar-refractivity contribution in [2.75, 3.05) is 13.7 Å². The zero-order valence-corrected chi connectivity index (χ0v) is 18.5. The van der Waals surface area contributed by atoms with Crippen molar-refractivity contribution in [2.45, 2.75) is 46.7 Å². The lowest BCUT2D eigenvalue weighted by Gasteiger charge is -2.20. The van der Waals surface area contributed by atoms with Crippen LogP contribution >= 0.6 is 24.0 Å². The molecule has 2 rings (SSSR count). The Bertz CT molecular complexity index is 715. The normalized spacial score (nSPS) is 12.3. The monoisotopic (exact) mass is 472 g/mol. The molecule has 0 aliphatic heterocycles. The van der Waals surface area contributed by atoms with Crippen LogP contribution in [0.15, 0.2) is 33.8 Å². The molecule has 2 N–H and O–H groups in total. The highest BCUT2D eigenvalue weighted by Gasteiger charge is 2.13. The van der Waals surface area contributed by atoms with Crippen molar-refractivity contribution in [3.8, 4) is 5.75 Å². The summed E-state index contributed by atoms with van der Waals surface area (Å²) in [4.78, 5) is 4.59. The Morgan fingerprint density at radius 3 is 2.69 bits per heavy atom. The molecule has 0 fully saturated rings. The molecule has 0 amide bonds. The van der Waals surface area contributed by atoms with Crippen LogP contribution in [-0.4, -0.2) is 24.8 Å².